The number of carbonyl (C=O) groups is 1. The summed E-state index contributed by atoms with van der Waals surface area (Å²) in [6.07, 6.45) is 10.7. The molecule has 0 spiro atoms. The second-order valence-corrected chi connectivity index (χ2v) is 7.89. The Morgan fingerprint density at radius 1 is 1.57 bits per heavy atom. The van der Waals surface area contributed by atoms with Crippen LogP contribution in [0.3, 0.4) is 0 Å². The highest BCUT2D eigenvalue weighted by Gasteiger charge is 2.38. The van der Waals surface area contributed by atoms with Crippen molar-refractivity contribution in [3.8, 4) is 12.3 Å². The first-order valence-corrected chi connectivity index (χ1v) is 9.53. The SMILES string of the molecule is C#C/C=C/C[C@@H](Cl)[C@@H](C[C@@H]1O[C@H](CC)[C@H](Br)C[C@@H]1Cl)OC(C)=O. The monoisotopic (exact) mass is 424 g/mol. The van der Waals surface area contributed by atoms with Crippen LogP contribution in [0.25, 0.3) is 0 Å². The summed E-state index contributed by atoms with van der Waals surface area (Å²) < 4.78 is 11.5. The summed E-state index contributed by atoms with van der Waals surface area (Å²) >= 11 is 16.4. The van der Waals surface area contributed by atoms with Crippen LogP contribution in [0.2, 0.25) is 0 Å². The average Bonchev–Trinajstić information content (AvgIpc) is 2.48. The van der Waals surface area contributed by atoms with Gasteiger partial charge in [0.2, 0.25) is 0 Å². The molecular formula is C17H23BrCl2O3. The van der Waals surface area contributed by atoms with Gasteiger partial charge >= 0.3 is 5.97 Å². The Kier molecular flexibility index (Phi) is 9.61. The van der Waals surface area contributed by atoms with Gasteiger partial charge in [-0.25, -0.2) is 0 Å². The van der Waals surface area contributed by atoms with Crippen molar-refractivity contribution in [2.45, 2.75) is 73.4 Å². The zero-order chi connectivity index (χ0) is 17.4. The molecule has 0 aromatic heterocycles. The van der Waals surface area contributed by atoms with Gasteiger partial charge in [0.25, 0.3) is 0 Å². The van der Waals surface area contributed by atoms with Crippen molar-refractivity contribution >= 4 is 45.1 Å². The van der Waals surface area contributed by atoms with Gasteiger partial charge in [-0.05, 0) is 25.3 Å². The molecule has 6 atom stereocenters. The fourth-order valence-electron chi connectivity index (χ4n) is 2.60. The first-order chi connectivity index (χ1) is 10.9. The van der Waals surface area contributed by atoms with Crippen LogP contribution < -0.4 is 0 Å². The van der Waals surface area contributed by atoms with Crippen LogP contribution >= 0.6 is 39.1 Å². The zero-order valence-corrected chi connectivity index (χ0v) is 16.5. The summed E-state index contributed by atoms with van der Waals surface area (Å²) in [5, 5.41) is -0.525. The number of alkyl halides is 3. The van der Waals surface area contributed by atoms with Crippen molar-refractivity contribution in [1.82, 2.24) is 0 Å². The van der Waals surface area contributed by atoms with Crippen molar-refractivity contribution in [3.05, 3.63) is 12.2 Å². The van der Waals surface area contributed by atoms with Gasteiger partial charge in [-0.1, -0.05) is 34.9 Å². The van der Waals surface area contributed by atoms with Gasteiger partial charge in [0, 0.05) is 18.2 Å². The molecule has 0 radical (unpaired) electrons. The Labute approximate surface area is 157 Å². The topological polar surface area (TPSA) is 35.5 Å². The van der Waals surface area contributed by atoms with E-state index < -0.39 is 6.10 Å². The highest BCUT2D eigenvalue weighted by molar-refractivity contribution is 9.09. The molecule has 1 aliphatic rings. The molecule has 0 aliphatic carbocycles. The van der Waals surface area contributed by atoms with E-state index in [0.717, 1.165) is 12.8 Å². The van der Waals surface area contributed by atoms with Gasteiger partial charge in [-0.2, -0.15) is 0 Å². The first kappa shape index (κ1) is 20.8. The Balaban J connectivity index is 2.73. The highest BCUT2D eigenvalue weighted by atomic mass is 79.9. The van der Waals surface area contributed by atoms with Crippen LogP contribution in [0.1, 0.15) is 39.5 Å². The van der Waals surface area contributed by atoms with Crippen molar-refractivity contribution in [2.75, 3.05) is 0 Å². The molecule has 0 aromatic rings. The van der Waals surface area contributed by atoms with Gasteiger partial charge in [-0.3, -0.25) is 4.79 Å². The third-order valence-corrected chi connectivity index (χ3v) is 5.65. The van der Waals surface area contributed by atoms with Crippen molar-refractivity contribution in [1.29, 1.82) is 0 Å². The van der Waals surface area contributed by atoms with E-state index in [4.69, 9.17) is 39.1 Å². The molecule has 0 unspecified atom stereocenters. The summed E-state index contributed by atoms with van der Waals surface area (Å²) in [6, 6.07) is 0. The van der Waals surface area contributed by atoms with Crippen LogP contribution in [-0.2, 0) is 14.3 Å². The number of hydrogen-bond acceptors (Lipinski definition) is 3. The molecule has 1 saturated heterocycles. The van der Waals surface area contributed by atoms with E-state index in [0.29, 0.717) is 12.8 Å². The lowest BCUT2D eigenvalue weighted by Crippen LogP contribution is -2.45. The number of esters is 1. The molecule has 130 valence electrons. The van der Waals surface area contributed by atoms with Gasteiger partial charge in [0.15, 0.2) is 0 Å². The Bertz CT molecular complexity index is 450. The molecular weight excluding hydrogens is 403 g/mol. The summed E-state index contributed by atoms with van der Waals surface area (Å²) in [5.74, 6) is 2.04. The number of halogens is 3. The fourth-order valence-corrected chi connectivity index (χ4v) is 4.33. The van der Waals surface area contributed by atoms with E-state index in [1.54, 1.807) is 12.2 Å². The molecule has 6 heteroatoms. The molecule has 0 saturated carbocycles. The molecule has 0 bridgehead atoms. The minimum atomic E-state index is -0.466. The largest absolute Gasteiger partial charge is 0.461 e. The maximum Gasteiger partial charge on any atom is 0.302 e. The Morgan fingerprint density at radius 3 is 2.83 bits per heavy atom. The van der Waals surface area contributed by atoms with E-state index in [1.165, 1.54) is 6.92 Å². The van der Waals surface area contributed by atoms with Gasteiger partial charge in [0.05, 0.1) is 23.0 Å². The molecule has 0 N–H and O–H groups in total. The summed E-state index contributed by atoms with van der Waals surface area (Å²) in [7, 11) is 0. The maximum atomic E-state index is 11.4. The van der Waals surface area contributed by atoms with E-state index >= 15 is 0 Å². The van der Waals surface area contributed by atoms with E-state index in [-0.39, 0.29) is 33.8 Å². The lowest BCUT2D eigenvalue weighted by Gasteiger charge is -2.38. The number of ether oxygens (including phenoxy) is 2. The maximum absolute atomic E-state index is 11.4. The predicted octanol–water partition coefficient (Wildman–Crippen LogP) is 4.43. The quantitative estimate of drug-likeness (QED) is 0.343. The standard InChI is InChI=1S/C17H23BrCl2O3/c1-4-6-7-8-13(19)16(22-11(3)21)10-17-14(20)9-12(18)15(5-2)23-17/h1,6-7,12-17H,5,8-10H2,2-3H3/b7-6+/t12-,13-,14+,15-,16-,17+/m1/s1. The van der Waals surface area contributed by atoms with Crippen molar-refractivity contribution in [2.24, 2.45) is 0 Å². The minimum Gasteiger partial charge on any atom is -0.461 e. The van der Waals surface area contributed by atoms with E-state index in [9.17, 15) is 4.79 Å². The zero-order valence-electron chi connectivity index (χ0n) is 13.4. The smallest absolute Gasteiger partial charge is 0.302 e. The molecule has 3 nitrogen and oxygen atoms in total. The summed E-state index contributed by atoms with van der Waals surface area (Å²) in [5.41, 5.74) is 0. The van der Waals surface area contributed by atoms with Crippen LogP contribution in [0, 0.1) is 12.3 Å². The summed E-state index contributed by atoms with van der Waals surface area (Å²) in [4.78, 5) is 11.6. The highest BCUT2D eigenvalue weighted by Crippen LogP contribution is 2.34. The number of carbonyl (C=O) groups excluding carboxylic acids is 1. The molecule has 1 fully saturated rings. The van der Waals surface area contributed by atoms with E-state index in [1.807, 2.05) is 0 Å². The van der Waals surface area contributed by atoms with E-state index in [2.05, 4.69) is 28.8 Å². The normalized spacial score (nSPS) is 30.6. The molecule has 1 heterocycles. The fraction of sp³-hybridized carbons (Fsp3) is 0.706. The van der Waals surface area contributed by atoms with Crippen LogP contribution in [0.15, 0.2) is 12.2 Å². The van der Waals surface area contributed by atoms with Crippen LogP contribution in [0.4, 0.5) is 0 Å². The number of hydrogen-bond donors (Lipinski definition) is 0. The Morgan fingerprint density at radius 2 is 2.26 bits per heavy atom. The minimum absolute atomic E-state index is 0.100. The molecule has 1 rings (SSSR count). The Hall–Kier alpha value is -0.210. The lowest BCUT2D eigenvalue weighted by atomic mass is 9.96. The molecule has 1 aliphatic heterocycles. The third kappa shape index (κ3) is 7.05. The molecule has 0 aromatic carbocycles. The van der Waals surface area contributed by atoms with Gasteiger partial charge in [0.1, 0.15) is 6.10 Å². The number of rotatable bonds is 7. The second kappa shape index (κ2) is 10.6. The second-order valence-electron chi connectivity index (χ2n) is 5.59. The number of allylic oxidation sites excluding steroid dienone is 2. The third-order valence-electron chi connectivity index (χ3n) is 3.77. The summed E-state index contributed by atoms with van der Waals surface area (Å²) in [6.45, 7) is 3.44. The number of terminal acetylenes is 1. The van der Waals surface area contributed by atoms with Gasteiger partial charge in [-0.15, -0.1) is 29.6 Å². The van der Waals surface area contributed by atoms with Crippen molar-refractivity contribution < 1.29 is 14.3 Å². The van der Waals surface area contributed by atoms with Gasteiger partial charge < -0.3 is 9.47 Å². The van der Waals surface area contributed by atoms with Crippen molar-refractivity contribution in [3.63, 3.8) is 0 Å². The molecule has 23 heavy (non-hydrogen) atoms. The predicted molar refractivity (Wildman–Crippen MR) is 98.3 cm³/mol. The lowest BCUT2D eigenvalue weighted by molar-refractivity contribution is -0.149. The first-order valence-electron chi connectivity index (χ1n) is 7.75. The average molecular weight is 426 g/mol. The van der Waals surface area contributed by atoms with Crippen LogP contribution in [0.5, 0.6) is 0 Å². The van der Waals surface area contributed by atoms with Crippen LogP contribution in [-0.4, -0.2) is 39.9 Å². The molecule has 0 amide bonds.